The molecule has 0 aromatic rings. The van der Waals surface area contributed by atoms with Crippen LogP contribution in [0.4, 0.5) is 0 Å². The number of amides is 3. The van der Waals surface area contributed by atoms with Crippen LogP contribution in [0, 0.1) is 5.92 Å². The Labute approximate surface area is 194 Å². The quantitative estimate of drug-likeness (QED) is 0.0644. The zero-order valence-electron chi connectivity index (χ0n) is 19.5. The number of aliphatic imine (C=N–C) groups is 1. The van der Waals surface area contributed by atoms with E-state index in [9.17, 15) is 19.2 Å². The topological polar surface area (TPSA) is 241 Å². The summed E-state index contributed by atoms with van der Waals surface area (Å²) in [6.45, 7) is 3.84. The Morgan fingerprint density at radius 1 is 0.970 bits per heavy atom. The van der Waals surface area contributed by atoms with Gasteiger partial charge in [0.05, 0.1) is 6.04 Å². The molecule has 3 amide bonds. The van der Waals surface area contributed by atoms with Crippen molar-refractivity contribution in [1.82, 2.24) is 16.0 Å². The van der Waals surface area contributed by atoms with Crippen LogP contribution in [0.2, 0.25) is 0 Å². The molecular weight excluding hydrogens is 432 g/mol. The van der Waals surface area contributed by atoms with E-state index in [1.165, 1.54) is 0 Å². The highest BCUT2D eigenvalue weighted by Crippen LogP contribution is 2.10. The van der Waals surface area contributed by atoms with Crippen LogP contribution in [-0.4, -0.2) is 72.5 Å². The van der Waals surface area contributed by atoms with Crippen LogP contribution in [0.15, 0.2) is 4.99 Å². The summed E-state index contributed by atoms with van der Waals surface area (Å²) in [7, 11) is 0. The van der Waals surface area contributed by atoms with Gasteiger partial charge in [-0.05, 0) is 44.6 Å². The van der Waals surface area contributed by atoms with Crippen molar-refractivity contribution in [2.75, 3.05) is 19.6 Å². The third kappa shape index (κ3) is 13.3. The van der Waals surface area contributed by atoms with Crippen LogP contribution in [-0.2, 0) is 19.2 Å². The van der Waals surface area contributed by atoms with E-state index in [1.54, 1.807) is 6.92 Å². The molecule has 0 aliphatic heterocycles. The molecule has 0 bridgehead atoms. The van der Waals surface area contributed by atoms with E-state index in [0.717, 1.165) is 0 Å². The molecule has 0 saturated heterocycles. The van der Waals surface area contributed by atoms with Gasteiger partial charge in [-0.2, -0.15) is 0 Å². The Bertz CT molecular complexity index is 669. The molecule has 13 heteroatoms. The van der Waals surface area contributed by atoms with Gasteiger partial charge >= 0.3 is 5.97 Å². The molecule has 190 valence electrons. The van der Waals surface area contributed by atoms with E-state index in [0.29, 0.717) is 45.2 Å². The van der Waals surface area contributed by atoms with E-state index < -0.39 is 48.4 Å². The average Bonchev–Trinajstić information content (AvgIpc) is 2.76. The van der Waals surface area contributed by atoms with Gasteiger partial charge in [0.15, 0.2) is 5.96 Å². The summed E-state index contributed by atoms with van der Waals surface area (Å²) in [6, 6.07) is -2.74. The van der Waals surface area contributed by atoms with Gasteiger partial charge in [-0.3, -0.25) is 24.2 Å². The van der Waals surface area contributed by atoms with Crippen LogP contribution in [0.25, 0.3) is 0 Å². The van der Waals surface area contributed by atoms with Crippen molar-refractivity contribution in [1.29, 1.82) is 0 Å². The van der Waals surface area contributed by atoms with Crippen LogP contribution >= 0.6 is 0 Å². The number of carbonyl (C=O) groups is 4. The Kier molecular flexibility index (Phi) is 15.2. The lowest BCUT2D eigenvalue weighted by Gasteiger charge is -2.27. The highest BCUT2D eigenvalue weighted by Gasteiger charge is 2.31. The van der Waals surface area contributed by atoms with Crippen molar-refractivity contribution >= 4 is 29.7 Å². The summed E-state index contributed by atoms with van der Waals surface area (Å²) in [6.07, 6.45) is 2.86. The van der Waals surface area contributed by atoms with Gasteiger partial charge in [0.25, 0.3) is 0 Å². The molecule has 33 heavy (non-hydrogen) atoms. The van der Waals surface area contributed by atoms with Gasteiger partial charge in [-0.25, -0.2) is 0 Å². The number of unbranched alkanes of at least 4 members (excludes halogenated alkanes) is 1. The number of nitrogens with zero attached hydrogens (tertiary/aromatic N) is 1. The molecule has 0 saturated carbocycles. The molecule has 0 rings (SSSR count). The summed E-state index contributed by atoms with van der Waals surface area (Å²) < 4.78 is 0. The molecule has 12 N–H and O–H groups in total. The van der Waals surface area contributed by atoms with Crippen LogP contribution in [0.5, 0.6) is 0 Å². The van der Waals surface area contributed by atoms with Crippen molar-refractivity contribution < 1.29 is 24.3 Å². The number of carboxylic acid groups (broad SMARTS) is 1. The lowest BCUT2D eigenvalue weighted by atomic mass is 9.96. The minimum Gasteiger partial charge on any atom is -0.480 e. The standard InChI is InChI=1S/C20H40N8O5/c1-3-12(2)16(28-17(31)13(22)7-6-10-25-20(23)24)19(33)27-14(8-4-5-9-21)18(32)26-11-15(29)30/h12-14,16H,3-11,21-22H2,1-2H3,(H,26,32)(H,27,33)(H,28,31)(H,29,30)(H4,23,24,25). The zero-order chi connectivity index (χ0) is 25.4. The predicted molar refractivity (Wildman–Crippen MR) is 125 cm³/mol. The second kappa shape index (κ2) is 16.7. The maximum atomic E-state index is 13.0. The molecule has 0 aromatic heterocycles. The summed E-state index contributed by atoms with van der Waals surface area (Å²) >= 11 is 0. The number of aliphatic carboxylic acids is 1. The van der Waals surface area contributed by atoms with E-state index in [-0.39, 0.29) is 18.3 Å². The summed E-state index contributed by atoms with van der Waals surface area (Å²) in [5.41, 5.74) is 21.9. The Morgan fingerprint density at radius 2 is 1.64 bits per heavy atom. The van der Waals surface area contributed by atoms with Gasteiger partial charge in [0.2, 0.25) is 17.7 Å². The third-order valence-corrected chi connectivity index (χ3v) is 5.09. The monoisotopic (exact) mass is 472 g/mol. The first-order valence-corrected chi connectivity index (χ1v) is 11.1. The number of carbonyl (C=O) groups excluding carboxylic acids is 3. The number of nitrogens with one attached hydrogen (secondary N) is 3. The minimum absolute atomic E-state index is 0.0464. The van der Waals surface area contributed by atoms with Crippen molar-refractivity contribution in [3.05, 3.63) is 0 Å². The van der Waals surface area contributed by atoms with Crippen LogP contribution in [0.1, 0.15) is 52.4 Å². The number of rotatable bonds is 17. The fourth-order valence-corrected chi connectivity index (χ4v) is 2.92. The van der Waals surface area contributed by atoms with E-state index >= 15 is 0 Å². The smallest absolute Gasteiger partial charge is 0.322 e. The van der Waals surface area contributed by atoms with E-state index in [4.69, 9.17) is 28.0 Å². The Hall–Kier alpha value is -2.93. The van der Waals surface area contributed by atoms with Crippen LogP contribution < -0.4 is 38.9 Å². The molecule has 0 radical (unpaired) electrons. The molecule has 0 heterocycles. The first-order chi connectivity index (χ1) is 15.5. The molecule has 4 unspecified atom stereocenters. The number of hydrogen-bond donors (Lipinski definition) is 8. The second-order valence-electron chi connectivity index (χ2n) is 7.88. The first-order valence-electron chi connectivity index (χ1n) is 11.1. The molecular formula is C20H40N8O5. The van der Waals surface area contributed by atoms with Gasteiger partial charge in [0, 0.05) is 6.54 Å². The Balaban J connectivity index is 5.19. The molecule has 13 nitrogen and oxygen atoms in total. The summed E-state index contributed by atoms with van der Waals surface area (Å²) in [5, 5.41) is 16.4. The summed E-state index contributed by atoms with van der Waals surface area (Å²) in [5.74, 6) is -3.16. The Morgan fingerprint density at radius 3 is 2.18 bits per heavy atom. The van der Waals surface area contributed by atoms with Crippen LogP contribution in [0.3, 0.4) is 0 Å². The fourth-order valence-electron chi connectivity index (χ4n) is 2.92. The maximum Gasteiger partial charge on any atom is 0.322 e. The molecule has 0 fully saturated rings. The number of carboxylic acids is 1. The fraction of sp³-hybridized carbons (Fsp3) is 0.750. The number of nitrogens with two attached hydrogens (primary N) is 4. The molecule has 0 aliphatic carbocycles. The summed E-state index contributed by atoms with van der Waals surface area (Å²) in [4.78, 5) is 52.5. The minimum atomic E-state index is -1.20. The average molecular weight is 473 g/mol. The van der Waals surface area contributed by atoms with Crippen molar-refractivity contribution in [2.24, 2.45) is 33.8 Å². The highest BCUT2D eigenvalue weighted by atomic mass is 16.4. The van der Waals surface area contributed by atoms with Gasteiger partial charge < -0.3 is 44.0 Å². The number of hydrogen-bond acceptors (Lipinski definition) is 7. The predicted octanol–water partition coefficient (Wildman–Crippen LogP) is -2.29. The largest absolute Gasteiger partial charge is 0.480 e. The SMILES string of the molecule is CCC(C)C(NC(=O)C(N)CCCN=C(N)N)C(=O)NC(CCCCN)C(=O)NCC(=O)O. The lowest BCUT2D eigenvalue weighted by Crippen LogP contribution is -2.57. The normalized spacial score (nSPS) is 14.3. The third-order valence-electron chi connectivity index (χ3n) is 5.09. The van der Waals surface area contributed by atoms with Gasteiger partial charge in [-0.1, -0.05) is 20.3 Å². The van der Waals surface area contributed by atoms with E-state index in [1.807, 2.05) is 6.92 Å². The molecule has 4 atom stereocenters. The second-order valence-corrected chi connectivity index (χ2v) is 7.88. The maximum absolute atomic E-state index is 13.0. The van der Waals surface area contributed by atoms with Gasteiger partial charge in [-0.15, -0.1) is 0 Å². The number of guanidine groups is 1. The lowest BCUT2D eigenvalue weighted by molar-refractivity contribution is -0.138. The highest BCUT2D eigenvalue weighted by molar-refractivity contribution is 5.93. The van der Waals surface area contributed by atoms with Crippen molar-refractivity contribution in [3.8, 4) is 0 Å². The molecule has 0 aromatic carbocycles. The van der Waals surface area contributed by atoms with Crippen molar-refractivity contribution in [3.63, 3.8) is 0 Å². The molecule has 0 spiro atoms. The van der Waals surface area contributed by atoms with Crippen molar-refractivity contribution in [2.45, 2.75) is 70.5 Å². The first kappa shape index (κ1) is 30.1. The zero-order valence-corrected chi connectivity index (χ0v) is 19.5. The van der Waals surface area contributed by atoms with E-state index in [2.05, 4.69) is 20.9 Å². The van der Waals surface area contributed by atoms with Gasteiger partial charge in [0.1, 0.15) is 18.6 Å². The molecule has 0 aliphatic rings.